The van der Waals surface area contributed by atoms with Crippen LogP contribution in [-0.2, 0) is 4.74 Å². The molecular weight excluding hydrogens is 358 g/mol. The Hall–Kier alpha value is -3.62. The number of pyridine rings is 1. The number of amides is 1. The van der Waals surface area contributed by atoms with Crippen molar-refractivity contribution in [1.29, 1.82) is 0 Å². The summed E-state index contributed by atoms with van der Waals surface area (Å²) in [5.41, 5.74) is 5.37. The number of fused-ring (bicyclic) bond motifs is 1. The van der Waals surface area contributed by atoms with Gasteiger partial charge < -0.3 is 10.1 Å². The van der Waals surface area contributed by atoms with E-state index in [-0.39, 0.29) is 18.1 Å². The molecule has 28 heavy (non-hydrogen) atoms. The lowest BCUT2D eigenvalue weighted by molar-refractivity contribution is 0.0684. The number of allylic oxidation sites excluding steroid dienone is 1. The maximum atomic E-state index is 12.8. The summed E-state index contributed by atoms with van der Waals surface area (Å²) in [7, 11) is 0. The highest BCUT2D eigenvalue weighted by molar-refractivity contribution is 5.99. The fourth-order valence-electron chi connectivity index (χ4n) is 2.76. The van der Waals surface area contributed by atoms with Crippen LogP contribution in [-0.4, -0.2) is 38.0 Å². The highest BCUT2D eigenvalue weighted by atomic mass is 16.5. The van der Waals surface area contributed by atoms with Gasteiger partial charge in [-0.1, -0.05) is 20.8 Å². The van der Waals surface area contributed by atoms with E-state index in [1.807, 2.05) is 18.2 Å². The number of aromatic amines is 1. The zero-order valence-electron chi connectivity index (χ0n) is 15.9. The Morgan fingerprint density at radius 1 is 1.21 bits per heavy atom. The summed E-state index contributed by atoms with van der Waals surface area (Å²) < 4.78 is 5.65. The molecule has 0 fully saturated rings. The predicted octanol–water partition coefficient (Wildman–Crippen LogP) is 2.92. The van der Waals surface area contributed by atoms with E-state index < -0.39 is 0 Å². The van der Waals surface area contributed by atoms with Crippen LogP contribution in [0.4, 0.5) is 11.5 Å². The van der Waals surface area contributed by atoms with Crippen molar-refractivity contribution < 1.29 is 9.53 Å². The molecule has 1 aliphatic rings. The largest absolute Gasteiger partial charge is 0.474 e. The second kappa shape index (κ2) is 6.84. The molecule has 0 spiro atoms. The molecule has 0 aliphatic carbocycles. The number of carbonyl (C=O) groups excluding carboxylic acids is 1. The Balaban J connectivity index is 1.52. The van der Waals surface area contributed by atoms with Crippen LogP contribution >= 0.6 is 0 Å². The highest BCUT2D eigenvalue weighted by Crippen LogP contribution is 2.29. The van der Waals surface area contributed by atoms with Crippen LogP contribution in [0, 0.1) is 5.41 Å². The lowest BCUT2D eigenvalue weighted by Crippen LogP contribution is -2.37. The number of hydrazine groups is 1. The number of carbonyl (C=O) groups is 1. The zero-order valence-corrected chi connectivity index (χ0v) is 15.9. The fourth-order valence-corrected chi connectivity index (χ4v) is 2.76. The van der Waals surface area contributed by atoms with Gasteiger partial charge in [0.1, 0.15) is 22.6 Å². The average molecular weight is 379 g/mol. The van der Waals surface area contributed by atoms with Gasteiger partial charge in [0.05, 0.1) is 11.8 Å². The highest BCUT2D eigenvalue weighted by Gasteiger charge is 2.26. The van der Waals surface area contributed by atoms with Crippen LogP contribution in [0.1, 0.15) is 31.1 Å². The quantitative estimate of drug-likeness (QED) is 0.639. The van der Waals surface area contributed by atoms with Crippen LogP contribution < -0.4 is 10.7 Å². The van der Waals surface area contributed by atoms with Crippen molar-refractivity contribution in [3.8, 4) is 0 Å². The Bertz CT molecular complexity index is 1050. The first kappa shape index (κ1) is 17.8. The summed E-state index contributed by atoms with van der Waals surface area (Å²) in [4.78, 5) is 17.1. The van der Waals surface area contributed by atoms with Gasteiger partial charge in [-0.25, -0.2) is 4.98 Å². The molecule has 1 aliphatic heterocycles. The Morgan fingerprint density at radius 3 is 2.82 bits per heavy atom. The molecule has 1 amide bonds. The number of anilines is 2. The summed E-state index contributed by atoms with van der Waals surface area (Å²) in [6.07, 6.45) is 3.43. The smallest absolute Gasteiger partial charge is 0.273 e. The first-order valence-corrected chi connectivity index (χ1v) is 8.85. The molecule has 3 heterocycles. The third-order valence-electron chi connectivity index (χ3n) is 4.25. The van der Waals surface area contributed by atoms with Gasteiger partial charge in [0.15, 0.2) is 6.73 Å². The number of ether oxygens (including phenoxy) is 1. The lowest BCUT2D eigenvalue weighted by atomic mass is 9.94. The van der Waals surface area contributed by atoms with Crippen molar-refractivity contribution in [2.75, 3.05) is 12.0 Å². The van der Waals surface area contributed by atoms with Gasteiger partial charge in [0, 0.05) is 17.3 Å². The van der Waals surface area contributed by atoms with E-state index in [4.69, 9.17) is 4.74 Å². The molecule has 4 rings (SSSR count). The third kappa shape index (κ3) is 3.59. The SMILES string of the molecule is CC(C)(C)C1=CN(NC(=O)c2cccnc2Nc2ccc3n[nH]nc3c2)CO1. The van der Waals surface area contributed by atoms with Crippen molar-refractivity contribution in [1.82, 2.24) is 30.8 Å². The maximum absolute atomic E-state index is 12.8. The van der Waals surface area contributed by atoms with Gasteiger partial charge >= 0.3 is 0 Å². The molecule has 2 aromatic heterocycles. The number of hydrogen-bond donors (Lipinski definition) is 3. The molecule has 3 aromatic rings. The average Bonchev–Trinajstić information content (AvgIpc) is 3.30. The lowest BCUT2D eigenvalue weighted by Gasteiger charge is -2.17. The van der Waals surface area contributed by atoms with E-state index in [1.54, 1.807) is 29.5 Å². The molecule has 9 heteroatoms. The van der Waals surface area contributed by atoms with Gasteiger partial charge in [-0.2, -0.15) is 15.4 Å². The minimum Gasteiger partial charge on any atom is -0.474 e. The number of nitrogens with one attached hydrogen (secondary N) is 3. The van der Waals surface area contributed by atoms with Crippen molar-refractivity contribution in [3.63, 3.8) is 0 Å². The Morgan fingerprint density at radius 2 is 2.04 bits per heavy atom. The molecule has 0 saturated heterocycles. The molecule has 3 N–H and O–H groups in total. The van der Waals surface area contributed by atoms with Crippen LogP contribution in [0.15, 0.2) is 48.5 Å². The molecule has 1 aromatic carbocycles. The van der Waals surface area contributed by atoms with Gasteiger partial charge in [-0.05, 0) is 30.3 Å². The van der Waals surface area contributed by atoms with Gasteiger partial charge in [0.2, 0.25) is 0 Å². The zero-order chi connectivity index (χ0) is 19.7. The number of hydrogen-bond acceptors (Lipinski definition) is 7. The van der Waals surface area contributed by atoms with Crippen LogP contribution in [0.2, 0.25) is 0 Å². The maximum Gasteiger partial charge on any atom is 0.273 e. The molecule has 0 atom stereocenters. The van der Waals surface area contributed by atoms with Crippen LogP contribution in [0.25, 0.3) is 11.0 Å². The predicted molar refractivity (Wildman–Crippen MR) is 104 cm³/mol. The van der Waals surface area contributed by atoms with E-state index >= 15 is 0 Å². The second-order valence-corrected chi connectivity index (χ2v) is 7.48. The summed E-state index contributed by atoms with van der Waals surface area (Å²) in [5, 5.41) is 15.5. The summed E-state index contributed by atoms with van der Waals surface area (Å²) in [6, 6.07) is 8.96. The van der Waals surface area contributed by atoms with Gasteiger partial charge in [-0.15, -0.1) is 0 Å². The van der Waals surface area contributed by atoms with Crippen molar-refractivity contribution in [3.05, 3.63) is 54.1 Å². The topological polar surface area (TPSA) is 108 Å². The van der Waals surface area contributed by atoms with E-state index in [0.29, 0.717) is 11.4 Å². The second-order valence-electron chi connectivity index (χ2n) is 7.48. The minimum atomic E-state index is -0.284. The number of rotatable bonds is 4. The standard InChI is InChI=1S/C19H21N7O2/c1-19(2,3)16-10-26(11-28-16)24-18(27)13-5-4-8-20-17(13)21-12-6-7-14-15(9-12)23-25-22-14/h4-10H,11H2,1-3H3,(H,20,21)(H,24,27)(H,22,23,25). The van der Waals surface area contributed by atoms with Crippen molar-refractivity contribution in [2.45, 2.75) is 20.8 Å². The van der Waals surface area contributed by atoms with Crippen molar-refractivity contribution >= 4 is 28.4 Å². The molecule has 9 nitrogen and oxygen atoms in total. The summed E-state index contributed by atoms with van der Waals surface area (Å²) >= 11 is 0. The van der Waals surface area contributed by atoms with Gasteiger partial charge in [-0.3, -0.25) is 15.2 Å². The minimum absolute atomic E-state index is 0.125. The van der Waals surface area contributed by atoms with E-state index in [2.05, 4.69) is 51.9 Å². The third-order valence-corrected chi connectivity index (χ3v) is 4.25. The first-order valence-electron chi connectivity index (χ1n) is 8.85. The molecule has 0 radical (unpaired) electrons. The monoisotopic (exact) mass is 379 g/mol. The number of benzene rings is 1. The number of nitrogens with zero attached hydrogens (tertiary/aromatic N) is 4. The van der Waals surface area contributed by atoms with Crippen molar-refractivity contribution in [2.24, 2.45) is 5.41 Å². The number of H-pyrrole nitrogens is 1. The number of aromatic nitrogens is 4. The summed E-state index contributed by atoms with van der Waals surface area (Å²) in [5.74, 6) is 0.981. The van der Waals surface area contributed by atoms with E-state index in [0.717, 1.165) is 22.5 Å². The molecule has 0 bridgehead atoms. The molecule has 0 unspecified atom stereocenters. The fraction of sp³-hybridized carbons (Fsp3) is 0.263. The Kier molecular flexibility index (Phi) is 4.34. The summed E-state index contributed by atoms with van der Waals surface area (Å²) in [6.45, 7) is 6.43. The van der Waals surface area contributed by atoms with Crippen LogP contribution in [0.5, 0.6) is 0 Å². The van der Waals surface area contributed by atoms with Crippen LogP contribution in [0.3, 0.4) is 0 Å². The molecular formula is C19H21N7O2. The molecule has 0 saturated carbocycles. The Labute approximate surface area is 161 Å². The van der Waals surface area contributed by atoms with E-state index in [1.165, 1.54) is 0 Å². The molecule has 144 valence electrons. The van der Waals surface area contributed by atoms with E-state index in [9.17, 15) is 4.79 Å². The normalized spacial score (nSPS) is 14.0. The first-order chi connectivity index (χ1) is 13.4. The van der Waals surface area contributed by atoms with Gasteiger partial charge in [0.25, 0.3) is 5.91 Å².